The summed E-state index contributed by atoms with van der Waals surface area (Å²) in [5, 5.41) is 0. The normalized spacial score (nSPS) is 16.8. The monoisotopic (exact) mass is 563 g/mol. The topological polar surface area (TPSA) is 97.8 Å². The van der Waals surface area contributed by atoms with Crippen molar-refractivity contribution in [2.75, 3.05) is 32.8 Å². The summed E-state index contributed by atoms with van der Waals surface area (Å²) < 4.78 is 12.3. The number of nitrogens with zero attached hydrogens (tertiary/aromatic N) is 5. The van der Waals surface area contributed by atoms with Crippen LogP contribution in [0.1, 0.15) is 51.6 Å². The molecule has 6 bridgehead atoms. The highest BCUT2D eigenvalue weighted by Gasteiger charge is 2.32. The summed E-state index contributed by atoms with van der Waals surface area (Å²) in [5.41, 5.74) is 4.60. The van der Waals surface area contributed by atoms with Crippen molar-refractivity contribution in [1.82, 2.24) is 24.8 Å². The average Bonchev–Trinajstić information content (AvgIpc) is 3.04. The first-order valence-corrected chi connectivity index (χ1v) is 14.4. The first-order chi connectivity index (χ1) is 20.7. The molecule has 3 aliphatic rings. The van der Waals surface area contributed by atoms with E-state index in [1.54, 1.807) is 17.3 Å². The molecule has 214 valence electrons. The minimum atomic E-state index is -0.222. The Bertz CT molecular complexity index is 1530. The maximum Gasteiger partial charge on any atom is 0.274 e. The molecule has 0 fully saturated rings. The molecule has 0 saturated carbocycles. The molecule has 42 heavy (non-hydrogen) atoms. The fourth-order valence-electron chi connectivity index (χ4n) is 5.64. The Morgan fingerprint density at radius 1 is 0.857 bits per heavy atom. The summed E-state index contributed by atoms with van der Waals surface area (Å²) in [5.74, 6) is 1.42. The van der Waals surface area contributed by atoms with Crippen molar-refractivity contribution in [3.63, 3.8) is 0 Å². The Kier molecular flexibility index (Phi) is 8.35. The second-order valence-electron chi connectivity index (χ2n) is 10.5. The predicted molar refractivity (Wildman–Crippen MR) is 156 cm³/mol. The van der Waals surface area contributed by atoms with E-state index in [9.17, 15) is 9.59 Å². The minimum Gasteiger partial charge on any atom is -0.494 e. The average molecular weight is 564 g/mol. The van der Waals surface area contributed by atoms with Crippen LogP contribution in [0.2, 0.25) is 0 Å². The van der Waals surface area contributed by atoms with Crippen molar-refractivity contribution >= 4 is 11.8 Å². The smallest absolute Gasteiger partial charge is 0.274 e. The van der Waals surface area contributed by atoms with Gasteiger partial charge in [-0.15, -0.1) is 0 Å². The lowest BCUT2D eigenvalue weighted by atomic mass is 9.87. The first-order valence-electron chi connectivity index (χ1n) is 14.4. The van der Waals surface area contributed by atoms with E-state index < -0.39 is 0 Å². The molecule has 0 saturated heterocycles. The predicted octanol–water partition coefficient (Wildman–Crippen LogP) is 4.28. The van der Waals surface area contributed by atoms with Gasteiger partial charge in [0.05, 0.1) is 25.4 Å². The zero-order valence-electron chi connectivity index (χ0n) is 23.4. The first kappa shape index (κ1) is 27.4. The van der Waals surface area contributed by atoms with E-state index in [0.29, 0.717) is 57.8 Å². The van der Waals surface area contributed by atoms with Gasteiger partial charge in [-0.05, 0) is 71.8 Å². The van der Waals surface area contributed by atoms with Gasteiger partial charge in [0, 0.05) is 44.3 Å². The lowest BCUT2D eigenvalue weighted by molar-refractivity contribution is -0.133. The van der Waals surface area contributed by atoms with E-state index in [1.807, 2.05) is 47.5 Å². The zero-order chi connectivity index (χ0) is 28.7. The Balaban J connectivity index is 1.27. The molecule has 7 rings (SSSR count). The third-order valence-electron chi connectivity index (χ3n) is 7.73. The number of benzene rings is 2. The van der Waals surface area contributed by atoms with Crippen LogP contribution in [0, 0.1) is 0 Å². The van der Waals surface area contributed by atoms with Crippen molar-refractivity contribution in [2.24, 2.45) is 0 Å². The molecular formula is C33H33N5O4. The molecule has 2 amide bonds. The molecule has 4 aromatic rings. The van der Waals surface area contributed by atoms with Crippen LogP contribution in [0.5, 0.6) is 11.5 Å². The van der Waals surface area contributed by atoms with Gasteiger partial charge in [0.15, 0.2) is 0 Å². The van der Waals surface area contributed by atoms with Crippen LogP contribution in [0.25, 0.3) is 0 Å². The molecule has 0 aliphatic carbocycles. The number of pyridine rings is 1. The number of ether oxygens (including phenoxy) is 2. The maximum absolute atomic E-state index is 13.6. The van der Waals surface area contributed by atoms with Crippen LogP contribution in [0.4, 0.5) is 0 Å². The van der Waals surface area contributed by atoms with Gasteiger partial charge in [0.1, 0.15) is 23.8 Å². The Hall–Kier alpha value is -4.79. The van der Waals surface area contributed by atoms with Crippen LogP contribution >= 0.6 is 0 Å². The van der Waals surface area contributed by atoms with E-state index in [4.69, 9.17) is 9.47 Å². The standard InChI is InChI=1S/C33H33N5O4/c39-31(10-7-24-4-2-12-34-22-24)38-16-11-25-20-28-8-9-29(25)32(38)26-5-1-6-27(21-26)41-18-3-15-37(17-19-42-28)33(40)30-23-35-13-14-36-30/h1-2,4-6,8-9,12-14,20-23,32H,3,7,10-11,15-19H2. The number of carbonyl (C=O) groups is 2. The Morgan fingerprint density at radius 2 is 1.74 bits per heavy atom. The maximum atomic E-state index is 13.6. The third-order valence-corrected chi connectivity index (χ3v) is 7.73. The number of aromatic nitrogens is 3. The molecule has 0 spiro atoms. The second kappa shape index (κ2) is 12.8. The number of amides is 2. The highest BCUT2D eigenvalue weighted by Crippen LogP contribution is 2.38. The van der Waals surface area contributed by atoms with Crippen LogP contribution < -0.4 is 9.47 Å². The van der Waals surface area contributed by atoms with Gasteiger partial charge in [-0.2, -0.15) is 0 Å². The van der Waals surface area contributed by atoms with Crippen LogP contribution in [-0.2, 0) is 17.6 Å². The van der Waals surface area contributed by atoms with E-state index in [1.165, 1.54) is 12.4 Å². The number of hydrogen-bond donors (Lipinski definition) is 0. The summed E-state index contributed by atoms with van der Waals surface area (Å²) in [6.45, 7) is 2.28. The number of rotatable bonds is 4. The molecule has 5 heterocycles. The second-order valence-corrected chi connectivity index (χ2v) is 10.5. The van der Waals surface area contributed by atoms with E-state index >= 15 is 0 Å². The molecule has 2 aromatic heterocycles. The fraction of sp³-hybridized carbons (Fsp3) is 0.303. The van der Waals surface area contributed by atoms with Crippen molar-refractivity contribution in [2.45, 2.75) is 31.7 Å². The molecule has 3 aliphatic heterocycles. The molecule has 9 heteroatoms. The molecule has 1 atom stereocenters. The summed E-state index contributed by atoms with van der Waals surface area (Å²) >= 11 is 0. The van der Waals surface area contributed by atoms with E-state index in [2.05, 4.69) is 33.2 Å². The lowest BCUT2D eigenvalue weighted by Gasteiger charge is -2.38. The zero-order valence-corrected chi connectivity index (χ0v) is 23.4. The molecule has 9 nitrogen and oxygen atoms in total. The third kappa shape index (κ3) is 6.25. The van der Waals surface area contributed by atoms with Crippen LogP contribution in [0.3, 0.4) is 0 Å². The Morgan fingerprint density at radius 3 is 2.60 bits per heavy atom. The summed E-state index contributed by atoms with van der Waals surface area (Å²) in [4.78, 5) is 42.9. The van der Waals surface area contributed by atoms with Crippen molar-refractivity contribution in [3.8, 4) is 11.5 Å². The summed E-state index contributed by atoms with van der Waals surface area (Å²) in [6, 6.07) is 17.8. The van der Waals surface area contributed by atoms with Gasteiger partial charge < -0.3 is 19.3 Å². The summed E-state index contributed by atoms with van der Waals surface area (Å²) in [7, 11) is 0. The van der Waals surface area contributed by atoms with Crippen molar-refractivity contribution in [3.05, 3.63) is 114 Å². The largest absolute Gasteiger partial charge is 0.494 e. The number of carbonyl (C=O) groups excluding carboxylic acids is 2. The fourth-order valence-corrected chi connectivity index (χ4v) is 5.64. The minimum absolute atomic E-state index is 0.114. The van der Waals surface area contributed by atoms with Gasteiger partial charge >= 0.3 is 0 Å². The number of fused-ring (bicyclic) bond motifs is 8. The van der Waals surface area contributed by atoms with Gasteiger partial charge in [0.2, 0.25) is 5.91 Å². The van der Waals surface area contributed by atoms with Gasteiger partial charge in [-0.25, -0.2) is 4.98 Å². The quantitative estimate of drug-likeness (QED) is 0.366. The van der Waals surface area contributed by atoms with Crippen LogP contribution in [-0.4, -0.2) is 69.4 Å². The Labute approximate surface area is 245 Å². The SMILES string of the molecule is O=C(c1cnccn1)N1CCCOc2cccc(c2)C2c3ccc(cc3CCN2C(=O)CCc2cccnc2)OCC1. The van der Waals surface area contributed by atoms with Crippen LogP contribution in [0.15, 0.2) is 85.6 Å². The van der Waals surface area contributed by atoms with E-state index in [-0.39, 0.29) is 17.9 Å². The number of hydrogen-bond acceptors (Lipinski definition) is 7. The van der Waals surface area contributed by atoms with Gasteiger partial charge in [-0.3, -0.25) is 19.6 Å². The molecule has 0 radical (unpaired) electrons. The lowest BCUT2D eigenvalue weighted by Crippen LogP contribution is -2.40. The van der Waals surface area contributed by atoms with E-state index in [0.717, 1.165) is 40.2 Å². The highest BCUT2D eigenvalue weighted by atomic mass is 16.5. The molecule has 0 N–H and O–H groups in total. The number of aryl methyl sites for hydroxylation is 1. The highest BCUT2D eigenvalue weighted by molar-refractivity contribution is 5.91. The molecule has 1 unspecified atom stereocenters. The van der Waals surface area contributed by atoms with Crippen molar-refractivity contribution < 1.29 is 19.1 Å². The summed E-state index contributed by atoms with van der Waals surface area (Å²) in [6.07, 6.45) is 10.5. The van der Waals surface area contributed by atoms with Gasteiger partial charge in [-0.1, -0.05) is 24.3 Å². The molecular weight excluding hydrogens is 530 g/mol. The molecule has 2 aromatic carbocycles. The van der Waals surface area contributed by atoms with Gasteiger partial charge in [0.25, 0.3) is 5.91 Å². The van der Waals surface area contributed by atoms with Crippen molar-refractivity contribution in [1.29, 1.82) is 0 Å².